The summed E-state index contributed by atoms with van der Waals surface area (Å²) in [6.45, 7) is 7.66. The van der Waals surface area contributed by atoms with Crippen molar-refractivity contribution in [2.45, 2.75) is 25.3 Å². The van der Waals surface area contributed by atoms with Gasteiger partial charge >= 0.3 is 10.3 Å². The maximum atomic E-state index is 11.1. The van der Waals surface area contributed by atoms with Crippen LogP contribution < -0.4 is 9.46 Å². The van der Waals surface area contributed by atoms with Crippen LogP contribution in [0.25, 0.3) is 0 Å². The van der Waals surface area contributed by atoms with Gasteiger partial charge in [0, 0.05) is 36.7 Å². The lowest BCUT2D eigenvalue weighted by Gasteiger charge is -2.35. The lowest BCUT2D eigenvalue weighted by molar-refractivity contribution is 0.0171. The Bertz CT molecular complexity index is 698. The monoisotopic (exact) mass is 356 g/mol. The Hall–Kier alpha value is -1.19. The molecule has 24 heavy (non-hydrogen) atoms. The van der Waals surface area contributed by atoms with Crippen molar-refractivity contribution >= 4 is 10.3 Å². The zero-order valence-corrected chi connectivity index (χ0v) is 14.8. The molecule has 8 heteroatoms. The summed E-state index contributed by atoms with van der Waals surface area (Å²) in [5, 5.41) is 0. The van der Waals surface area contributed by atoms with Gasteiger partial charge in [0.1, 0.15) is 5.75 Å². The normalized spacial score (nSPS) is 22.0. The molecule has 0 spiro atoms. The number of benzene rings is 1. The Kier molecular flexibility index (Phi) is 4.85. The fraction of sp³-hybridized carbons (Fsp3) is 0.625. The summed E-state index contributed by atoms with van der Waals surface area (Å²) in [6.07, 6.45) is 0. The van der Waals surface area contributed by atoms with Crippen LogP contribution in [0.2, 0.25) is 0 Å². The van der Waals surface area contributed by atoms with Crippen molar-refractivity contribution in [1.29, 1.82) is 0 Å². The molecule has 0 aliphatic carbocycles. The third kappa shape index (κ3) is 3.89. The predicted octanol–water partition coefficient (Wildman–Crippen LogP) is 1.12. The van der Waals surface area contributed by atoms with Crippen LogP contribution in [0.4, 0.5) is 0 Å². The van der Waals surface area contributed by atoms with Crippen LogP contribution >= 0.6 is 0 Å². The number of morpholine rings is 1. The van der Waals surface area contributed by atoms with Crippen molar-refractivity contribution < 1.29 is 22.4 Å². The van der Waals surface area contributed by atoms with Gasteiger partial charge in [-0.1, -0.05) is 19.9 Å². The van der Waals surface area contributed by atoms with E-state index in [0.29, 0.717) is 19.8 Å². The maximum absolute atomic E-state index is 11.1. The molecule has 3 rings (SSSR count). The molecule has 1 aromatic carbocycles. The molecule has 134 valence electrons. The summed E-state index contributed by atoms with van der Waals surface area (Å²) in [5.74, 6) is 0.882. The molecule has 2 aliphatic rings. The summed E-state index contributed by atoms with van der Waals surface area (Å²) in [7, 11) is -4.23. The number of ether oxygens (including phenoxy) is 2. The number of rotatable bonds is 5. The fourth-order valence-electron chi connectivity index (χ4n) is 3.28. The number of hydrogen-bond acceptors (Lipinski definition) is 5. The largest absolute Gasteiger partial charge is 0.492 e. The van der Waals surface area contributed by atoms with E-state index in [1.54, 1.807) is 0 Å². The molecule has 0 saturated carbocycles. The van der Waals surface area contributed by atoms with Crippen LogP contribution in [0, 0.1) is 0 Å². The van der Waals surface area contributed by atoms with Crippen molar-refractivity contribution in [3.05, 3.63) is 29.3 Å². The van der Waals surface area contributed by atoms with Gasteiger partial charge in [-0.25, -0.2) is 0 Å². The van der Waals surface area contributed by atoms with Crippen molar-refractivity contribution in [1.82, 2.24) is 9.62 Å². The lowest BCUT2D eigenvalue weighted by atomic mass is 9.85. The molecule has 0 aromatic heterocycles. The zero-order chi connectivity index (χ0) is 17.4. The van der Waals surface area contributed by atoms with Gasteiger partial charge in [-0.3, -0.25) is 9.45 Å². The molecule has 1 fully saturated rings. The highest BCUT2D eigenvalue weighted by Gasteiger charge is 2.33. The average molecular weight is 356 g/mol. The first-order valence-electron chi connectivity index (χ1n) is 8.07. The van der Waals surface area contributed by atoms with Crippen LogP contribution in [0.3, 0.4) is 0 Å². The van der Waals surface area contributed by atoms with Crippen molar-refractivity contribution in [2.24, 2.45) is 0 Å². The Morgan fingerprint density at radius 1 is 1.33 bits per heavy atom. The highest BCUT2D eigenvalue weighted by Crippen LogP contribution is 2.40. The second kappa shape index (κ2) is 6.61. The second-order valence-electron chi connectivity index (χ2n) is 6.92. The molecule has 1 atom stereocenters. The van der Waals surface area contributed by atoms with E-state index in [2.05, 4.69) is 29.5 Å². The molecule has 1 aromatic rings. The van der Waals surface area contributed by atoms with Crippen molar-refractivity contribution in [3.8, 4) is 5.75 Å². The van der Waals surface area contributed by atoms with Gasteiger partial charge in [-0.2, -0.15) is 13.1 Å². The molecule has 7 nitrogen and oxygen atoms in total. The first kappa shape index (κ1) is 17.6. The molecule has 2 aliphatic heterocycles. The summed E-state index contributed by atoms with van der Waals surface area (Å²) in [6, 6.07) is 5.83. The van der Waals surface area contributed by atoms with Crippen LogP contribution in [-0.4, -0.2) is 57.3 Å². The van der Waals surface area contributed by atoms with E-state index in [0.717, 1.165) is 30.0 Å². The van der Waals surface area contributed by atoms with E-state index in [9.17, 15) is 8.42 Å². The van der Waals surface area contributed by atoms with E-state index >= 15 is 0 Å². The maximum Gasteiger partial charge on any atom is 0.333 e. The average Bonchev–Trinajstić information content (AvgIpc) is 2.83. The Labute approximate surface area is 142 Å². The number of hydrogen-bond donors (Lipinski definition) is 2. The Morgan fingerprint density at radius 3 is 2.71 bits per heavy atom. The molecule has 2 N–H and O–H groups in total. The SMILES string of the molecule is CC1(C)COc2ccc(C(CNS(=O)(=O)O)N3CCOCC3)cc21. The van der Waals surface area contributed by atoms with E-state index in [-0.39, 0.29) is 18.0 Å². The van der Waals surface area contributed by atoms with Crippen molar-refractivity contribution in [3.63, 3.8) is 0 Å². The number of nitrogens with one attached hydrogen (secondary N) is 1. The van der Waals surface area contributed by atoms with Gasteiger partial charge in [0.15, 0.2) is 0 Å². The van der Waals surface area contributed by atoms with Gasteiger partial charge in [0.2, 0.25) is 0 Å². The smallest absolute Gasteiger partial charge is 0.333 e. The molecule has 2 heterocycles. The van der Waals surface area contributed by atoms with Gasteiger partial charge in [0.25, 0.3) is 0 Å². The minimum atomic E-state index is -4.23. The Morgan fingerprint density at radius 2 is 2.04 bits per heavy atom. The summed E-state index contributed by atoms with van der Waals surface area (Å²) >= 11 is 0. The van der Waals surface area contributed by atoms with E-state index in [4.69, 9.17) is 14.0 Å². The summed E-state index contributed by atoms with van der Waals surface area (Å²) in [5.41, 5.74) is 2.06. The number of nitrogens with zero attached hydrogens (tertiary/aromatic N) is 1. The molecular formula is C16H24N2O5S. The van der Waals surface area contributed by atoms with E-state index in [1.165, 1.54) is 0 Å². The first-order valence-corrected chi connectivity index (χ1v) is 9.51. The highest BCUT2D eigenvalue weighted by atomic mass is 32.2. The topological polar surface area (TPSA) is 88.1 Å². The molecule has 1 unspecified atom stereocenters. The minimum Gasteiger partial charge on any atom is -0.492 e. The van der Waals surface area contributed by atoms with Crippen LogP contribution in [0.15, 0.2) is 18.2 Å². The van der Waals surface area contributed by atoms with Crippen molar-refractivity contribution in [2.75, 3.05) is 39.5 Å². The summed E-state index contributed by atoms with van der Waals surface area (Å²) < 4.78 is 44.6. The van der Waals surface area contributed by atoms with Crippen LogP contribution in [-0.2, 0) is 20.5 Å². The molecule has 1 saturated heterocycles. The first-order chi connectivity index (χ1) is 11.3. The van der Waals surface area contributed by atoms with Gasteiger partial charge in [-0.15, -0.1) is 0 Å². The van der Waals surface area contributed by atoms with E-state index < -0.39 is 10.3 Å². The highest BCUT2D eigenvalue weighted by molar-refractivity contribution is 7.83. The van der Waals surface area contributed by atoms with Crippen LogP contribution in [0.1, 0.15) is 31.0 Å². The predicted molar refractivity (Wildman–Crippen MR) is 89.6 cm³/mol. The van der Waals surface area contributed by atoms with Gasteiger partial charge in [0.05, 0.1) is 19.8 Å². The van der Waals surface area contributed by atoms with Gasteiger partial charge < -0.3 is 9.47 Å². The van der Waals surface area contributed by atoms with E-state index in [1.807, 2.05) is 12.1 Å². The summed E-state index contributed by atoms with van der Waals surface area (Å²) in [4.78, 5) is 2.17. The fourth-order valence-corrected chi connectivity index (χ4v) is 3.65. The van der Waals surface area contributed by atoms with Gasteiger partial charge in [-0.05, 0) is 17.7 Å². The molecule has 0 bridgehead atoms. The molecule has 0 amide bonds. The third-order valence-electron chi connectivity index (χ3n) is 4.65. The second-order valence-corrected chi connectivity index (χ2v) is 8.15. The molecular weight excluding hydrogens is 332 g/mol. The number of fused-ring (bicyclic) bond motifs is 1. The Balaban J connectivity index is 1.90. The zero-order valence-electron chi connectivity index (χ0n) is 14.0. The standard InChI is InChI=1S/C16H24N2O5S/c1-16(2)11-23-15-4-3-12(9-13(15)16)14(10-17-24(19,20)21)18-5-7-22-8-6-18/h3-4,9,14,17H,5-8,10-11H2,1-2H3,(H,19,20,21). The molecule has 0 radical (unpaired) electrons. The van der Waals surface area contributed by atoms with Crippen LogP contribution in [0.5, 0.6) is 5.75 Å². The third-order valence-corrected chi connectivity index (χ3v) is 5.18. The minimum absolute atomic E-state index is 0.0720. The lowest BCUT2D eigenvalue weighted by Crippen LogP contribution is -2.43. The quantitative estimate of drug-likeness (QED) is 0.769.